The zero-order valence-corrected chi connectivity index (χ0v) is 15.4. The Morgan fingerprint density at radius 2 is 1.82 bits per heavy atom. The number of aliphatic hydroxyl groups excluding tert-OH is 1. The Kier molecular flexibility index (Phi) is 5.30. The number of hydrogen-bond acceptors (Lipinski definition) is 6. The van der Waals surface area contributed by atoms with Gasteiger partial charge in [-0.1, -0.05) is 6.07 Å². The smallest absolute Gasteiger partial charge is 0.163 e. The molecule has 0 unspecified atom stereocenters. The second-order valence-electron chi connectivity index (χ2n) is 6.40. The van der Waals surface area contributed by atoms with E-state index in [-0.39, 0.29) is 6.61 Å². The molecule has 0 saturated carbocycles. The Hall–Kier alpha value is -3.25. The van der Waals surface area contributed by atoms with E-state index in [9.17, 15) is 5.11 Å². The van der Waals surface area contributed by atoms with Gasteiger partial charge < -0.3 is 24.1 Å². The molecule has 6 nitrogen and oxygen atoms in total. The molecule has 0 amide bonds. The lowest BCUT2D eigenvalue weighted by Crippen LogP contribution is -2.35. The van der Waals surface area contributed by atoms with Gasteiger partial charge in [0.1, 0.15) is 42.3 Å². The first-order valence-electron chi connectivity index (χ1n) is 9.01. The zero-order valence-electron chi connectivity index (χ0n) is 15.4. The van der Waals surface area contributed by atoms with Gasteiger partial charge in [-0.05, 0) is 54.6 Å². The molecular formula is C22H21NO5. The number of benzene rings is 2. The molecule has 0 fully saturated rings. The number of fused-ring (bicyclic) bond motifs is 1. The minimum Gasteiger partial charge on any atom is -0.497 e. The maximum atomic E-state index is 10.8. The van der Waals surface area contributed by atoms with Crippen molar-refractivity contribution in [2.45, 2.75) is 18.8 Å². The maximum Gasteiger partial charge on any atom is 0.163 e. The lowest BCUT2D eigenvalue weighted by molar-refractivity contribution is -0.0104. The van der Waals surface area contributed by atoms with Crippen molar-refractivity contribution in [2.75, 3.05) is 13.7 Å². The van der Waals surface area contributed by atoms with Crippen LogP contribution in [0.15, 0.2) is 66.9 Å². The monoisotopic (exact) mass is 379 g/mol. The minimum absolute atomic E-state index is 0.258. The summed E-state index contributed by atoms with van der Waals surface area (Å²) in [6.07, 6.45) is 0.376. The van der Waals surface area contributed by atoms with Crippen LogP contribution in [0, 0.1) is 0 Å². The Balaban J connectivity index is 1.45. The van der Waals surface area contributed by atoms with Crippen LogP contribution in [0.4, 0.5) is 0 Å². The largest absolute Gasteiger partial charge is 0.497 e. The highest BCUT2D eigenvalue weighted by molar-refractivity contribution is 5.43. The molecule has 0 aliphatic carbocycles. The number of nitrogens with zero attached hydrogens (tertiary/aromatic N) is 1. The Morgan fingerprint density at radius 1 is 1.04 bits per heavy atom. The average molecular weight is 379 g/mol. The predicted octanol–water partition coefficient (Wildman–Crippen LogP) is 3.54. The van der Waals surface area contributed by atoms with E-state index in [1.54, 1.807) is 37.6 Å². The molecule has 6 heteroatoms. The number of aliphatic hydroxyl groups is 1. The third kappa shape index (κ3) is 4.02. The van der Waals surface area contributed by atoms with Gasteiger partial charge in [0.2, 0.25) is 0 Å². The summed E-state index contributed by atoms with van der Waals surface area (Å²) >= 11 is 0. The molecule has 0 spiro atoms. The molecular weight excluding hydrogens is 358 g/mol. The molecule has 2 heterocycles. The molecule has 3 aromatic rings. The summed E-state index contributed by atoms with van der Waals surface area (Å²) in [6.45, 7) is 0.608. The van der Waals surface area contributed by atoms with Crippen LogP contribution >= 0.6 is 0 Å². The van der Waals surface area contributed by atoms with Crippen molar-refractivity contribution >= 4 is 0 Å². The van der Waals surface area contributed by atoms with Gasteiger partial charge in [0, 0.05) is 11.8 Å². The summed E-state index contributed by atoms with van der Waals surface area (Å²) in [5.41, 5.74) is 1.47. The summed E-state index contributed by atoms with van der Waals surface area (Å²) in [7, 11) is 1.61. The van der Waals surface area contributed by atoms with Crippen LogP contribution in [-0.4, -0.2) is 29.9 Å². The van der Waals surface area contributed by atoms with E-state index in [1.807, 2.05) is 36.4 Å². The van der Waals surface area contributed by atoms with Crippen LogP contribution < -0.4 is 18.9 Å². The van der Waals surface area contributed by atoms with Crippen LogP contribution in [0.1, 0.15) is 17.4 Å². The third-order valence-corrected chi connectivity index (χ3v) is 4.51. The molecule has 1 aliphatic rings. The van der Waals surface area contributed by atoms with Crippen molar-refractivity contribution in [1.82, 2.24) is 4.98 Å². The minimum atomic E-state index is -0.829. The first kappa shape index (κ1) is 18.1. The van der Waals surface area contributed by atoms with E-state index in [0.29, 0.717) is 29.4 Å². The first-order valence-corrected chi connectivity index (χ1v) is 9.01. The zero-order chi connectivity index (χ0) is 19.3. The predicted molar refractivity (Wildman–Crippen MR) is 103 cm³/mol. The van der Waals surface area contributed by atoms with Crippen molar-refractivity contribution in [3.05, 3.63) is 78.1 Å². The number of ether oxygens (including phenoxy) is 4. The molecule has 0 radical (unpaired) electrons. The van der Waals surface area contributed by atoms with Crippen molar-refractivity contribution < 1.29 is 24.1 Å². The Bertz CT molecular complexity index is 914. The highest BCUT2D eigenvalue weighted by Gasteiger charge is 2.31. The number of pyridine rings is 1. The Labute approximate surface area is 163 Å². The fourth-order valence-electron chi connectivity index (χ4n) is 3.01. The quantitative estimate of drug-likeness (QED) is 0.706. The molecule has 2 aromatic carbocycles. The number of hydrogen-bond donors (Lipinski definition) is 1. The SMILES string of the molecule is COc1ccc(O[C@H]2COc3ccc(OCc4ccccn4)cc3[C@H]2O)cc1. The van der Waals surface area contributed by atoms with E-state index >= 15 is 0 Å². The summed E-state index contributed by atoms with van der Waals surface area (Å²) in [5, 5.41) is 10.8. The second kappa shape index (κ2) is 8.19. The van der Waals surface area contributed by atoms with Crippen LogP contribution in [0.5, 0.6) is 23.0 Å². The van der Waals surface area contributed by atoms with Gasteiger partial charge >= 0.3 is 0 Å². The van der Waals surface area contributed by atoms with Gasteiger partial charge in [-0.25, -0.2) is 0 Å². The Morgan fingerprint density at radius 3 is 2.57 bits per heavy atom. The molecule has 4 rings (SSSR count). The summed E-state index contributed by atoms with van der Waals surface area (Å²) < 4.78 is 22.6. The standard InChI is InChI=1S/C22H21NO5/c1-25-16-5-7-17(8-6-16)28-21-14-27-20-10-9-18(12-19(20)22(21)24)26-13-15-4-2-3-11-23-15/h2-12,21-22,24H,13-14H2,1H3/t21-,22+/m0/s1. The third-order valence-electron chi connectivity index (χ3n) is 4.51. The van der Waals surface area contributed by atoms with Crippen LogP contribution in [-0.2, 0) is 6.61 Å². The molecule has 0 bridgehead atoms. The van der Waals surface area contributed by atoms with E-state index in [0.717, 1.165) is 11.4 Å². The van der Waals surface area contributed by atoms with Crippen LogP contribution in [0.25, 0.3) is 0 Å². The normalized spacial score (nSPS) is 17.9. The van der Waals surface area contributed by atoms with E-state index in [4.69, 9.17) is 18.9 Å². The molecule has 0 saturated heterocycles. The molecule has 1 aromatic heterocycles. The van der Waals surface area contributed by atoms with E-state index in [2.05, 4.69) is 4.98 Å². The van der Waals surface area contributed by atoms with E-state index in [1.165, 1.54) is 0 Å². The van der Waals surface area contributed by atoms with E-state index < -0.39 is 12.2 Å². The van der Waals surface area contributed by atoms with Crippen molar-refractivity contribution in [3.8, 4) is 23.0 Å². The number of rotatable bonds is 6. The van der Waals surface area contributed by atoms with Crippen molar-refractivity contribution in [1.29, 1.82) is 0 Å². The lowest BCUT2D eigenvalue weighted by Gasteiger charge is -2.31. The van der Waals surface area contributed by atoms with Gasteiger partial charge in [0.05, 0.1) is 12.8 Å². The highest BCUT2D eigenvalue weighted by Crippen LogP contribution is 2.36. The molecule has 1 aliphatic heterocycles. The van der Waals surface area contributed by atoms with Crippen molar-refractivity contribution in [2.24, 2.45) is 0 Å². The maximum absolute atomic E-state index is 10.8. The molecule has 144 valence electrons. The fourth-order valence-corrected chi connectivity index (χ4v) is 3.01. The average Bonchev–Trinajstić information content (AvgIpc) is 2.75. The lowest BCUT2D eigenvalue weighted by atomic mass is 10.0. The van der Waals surface area contributed by atoms with Crippen molar-refractivity contribution in [3.63, 3.8) is 0 Å². The molecule has 28 heavy (non-hydrogen) atoms. The molecule has 1 N–H and O–H groups in total. The van der Waals surface area contributed by atoms with Gasteiger partial charge in [-0.15, -0.1) is 0 Å². The first-order chi connectivity index (χ1) is 13.7. The van der Waals surface area contributed by atoms with Gasteiger partial charge in [0.25, 0.3) is 0 Å². The van der Waals surface area contributed by atoms with Crippen LogP contribution in [0.3, 0.4) is 0 Å². The van der Waals surface area contributed by atoms with Gasteiger partial charge in [-0.3, -0.25) is 4.98 Å². The topological polar surface area (TPSA) is 70.0 Å². The number of methoxy groups -OCH3 is 1. The second-order valence-corrected chi connectivity index (χ2v) is 6.40. The summed E-state index contributed by atoms with van der Waals surface area (Å²) in [4.78, 5) is 4.24. The van der Waals surface area contributed by atoms with Gasteiger partial charge in [-0.2, -0.15) is 0 Å². The number of aromatic nitrogens is 1. The fraction of sp³-hybridized carbons (Fsp3) is 0.227. The van der Waals surface area contributed by atoms with Gasteiger partial charge in [0.15, 0.2) is 6.10 Å². The summed E-state index contributed by atoms with van der Waals surface area (Å²) in [6, 6.07) is 18.3. The highest BCUT2D eigenvalue weighted by atomic mass is 16.5. The molecule has 2 atom stereocenters. The summed E-state index contributed by atoms with van der Waals surface area (Å²) in [5.74, 6) is 2.65. The van der Waals surface area contributed by atoms with Crippen LogP contribution in [0.2, 0.25) is 0 Å².